The molecule has 8 nitrogen and oxygen atoms in total. The van der Waals surface area contributed by atoms with E-state index >= 15 is 0 Å². The monoisotopic (exact) mass is 391 g/mol. The van der Waals surface area contributed by atoms with Crippen LogP contribution in [0.25, 0.3) is 0 Å². The summed E-state index contributed by atoms with van der Waals surface area (Å²) in [5.41, 5.74) is 5.98. The van der Waals surface area contributed by atoms with Crippen LogP contribution in [-0.4, -0.2) is 40.1 Å². The Hall–Kier alpha value is -2.59. The molecule has 3 N–H and O–H groups in total. The fourth-order valence-electron chi connectivity index (χ4n) is 3.40. The van der Waals surface area contributed by atoms with Crippen molar-refractivity contribution in [3.8, 4) is 5.75 Å². The molecule has 0 aliphatic carbocycles. The lowest BCUT2D eigenvalue weighted by molar-refractivity contribution is -0.135. The Kier molecular flexibility index (Phi) is 3.88. The van der Waals surface area contributed by atoms with Gasteiger partial charge in [-0.2, -0.15) is 4.90 Å². The van der Waals surface area contributed by atoms with Gasteiger partial charge in [-0.15, -0.1) is 0 Å². The van der Waals surface area contributed by atoms with Crippen LogP contribution in [0.15, 0.2) is 34.1 Å². The van der Waals surface area contributed by atoms with Crippen molar-refractivity contribution in [2.75, 3.05) is 7.11 Å². The van der Waals surface area contributed by atoms with Crippen LogP contribution in [0.1, 0.15) is 16.4 Å². The Morgan fingerprint density at radius 1 is 1.19 bits per heavy atom. The van der Waals surface area contributed by atoms with E-state index in [1.807, 2.05) is 0 Å². The number of hydrogen-bond acceptors (Lipinski definition) is 7. The molecule has 4 amide bonds. The molecule has 10 heteroatoms. The molecule has 1 fully saturated rings. The standard InChI is InChI=1S/C16H13N3O5S2/c1-24-7-4-2-6(3-5-7)8-9-11(14(21)19(13(9)20)15(17)22)25-12-10(8)26-16(23)18-12/h2-5,8-9,11H,1H3,(H2,17,22)(H,18,23). The van der Waals surface area contributed by atoms with E-state index in [1.165, 1.54) is 0 Å². The van der Waals surface area contributed by atoms with Crippen LogP contribution in [0, 0.1) is 5.92 Å². The van der Waals surface area contributed by atoms with Gasteiger partial charge in [-0.3, -0.25) is 14.4 Å². The molecular formula is C16H13N3O5S2. The number of imide groups is 3. The number of fused-ring (bicyclic) bond motifs is 2. The highest BCUT2D eigenvalue weighted by Crippen LogP contribution is 2.52. The van der Waals surface area contributed by atoms with Crippen LogP contribution >= 0.6 is 23.1 Å². The summed E-state index contributed by atoms with van der Waals surface area (Å²) in [5.74, 6) is -1.95. The van der Waals surface area contributed by atoms with Crippen LogP contribution in [0.4, 0.5) is 4.79 Å². The number of thioether (sulfide) groups is 1. The van der Waals surface area contributed by atoms with Crippen molar-refractivity contribution >= 4 is 40.9 Å². The lowest BCUT2D eigenvalue weighted by atomic mass is 9.83. The first-order valence-electron chi connectivity index (χ1n) is 7.63. The molecule has 2 aromatic rings. The van der Waals surface area contributed by atoms with Gasteiger partial charge < -0.3 is 15.5 Å². The molecule has 0 spiro atoms. The van der Waals surface area contributed by atoms with Gasteiger partial charge in [-0.1, -0.05) is 35.2 Å². The zero-order valence-electron chi connectivity index (χ0n) is 13.4. The van der Waals surface area contributed by atoms with Crippen LogP contribution < -0.4 is 15.3 Å². The number of nitrogens with two attached hydrogens (primary N) is 1. The van der Waals surface area contributed by atoms with E-state index in [0.29, 0.717) is 20.6 Å². The van der Waals surface area contributed by atoms with E-state index in [-0.39, 0.29) is 4.87 Å². The van der Waals surface area contributed by atoms with Crippen LogP contribution in [0.3, 0.4) is 0 Å². The lowest BCUT2D eigenvalue weighted by Crippen LogP contribution is -2.41. The van der Waals surface area contributed by atoms with E-state index in [0.717, 1.165) is 28.7 Å². The molecule has 4 rings (SSSR count). The Morgan fingerprint density at radius 3 is 2.50 bits per heavy atom. The summed E-state index contributed by atoms with van der Waals surface area (Å²) < 4.78 is 5.16. The molecule has 2 aliphatic heterocycles. The maximum atomic E-state index is 12.8. The summed E-state index contributed by atoms with van der Waals surface area (Å²) in [6.45, 7) is 0. The highest BCUT2D eigenvalue weighted by molar-refractivity contribution is 8.00. The van der Waals surface area contributed by atoms with Gasteiger partial charge in [0.05, 0.1) is 18.1 Å². The smallest absolute Gasteiger partial charge is 0.328 e. The second kappa shape index (κ2) is 5.99. The molecule has 2 aliphatic rings. The molecular weight excluding hydrogens is 378 g/mol. The van der Waals surface area contributed by atoms with Crippen molar-refractivity contribution in [2.24, 2.45) is 11.7 Å². The minimum atomic E-state index is -1.08. The number of rotatable bonds is 2. The van der Waals surface area contributed by atoms with E-state index in [9.17, 15) is 19.2 Å². The van der Waals surface area contributed by atoms with E-state index in [4.69, 9.17) is 10.5 Å². The average Bonchev–Trinajstić information content (AvgIpc) is 3.10. The molecule has 3 unspecified atom stereocenters. The highest BCUT2D eigenvalue weighted by Gasteiger charge is 2.57. The van der Waals surface area contributed by atoms with Crippen molar-refractivity contribution < 1.29 is 19.1 Å². The topological polar surface area (TPSA) is 123 Å². The second-order valence-corrected chi connectivity index (χ2v) is 8.04. The summed E-state index contributed by atoms with van der Waals surface area (Å²) >= 11 is 2.10. The summed E-state index contributed by atoms with van der Waals surface area (Å²) in [5, 5.41) is -0.255. The number of benzene rings is 1. The van der Waals surface area contributed by atoms with E-state index in [2.05, 4.69) is 4.98 Å². The van der Waals surface area contributed by atoms with Crippen molar-refractivity contribution in [3.63, 3.8) is 0 Å². The van der Waals surface area contributed by atoms with Crippen molar-refractivity contribution in [2.45, 2.75) is 16.2 Å². The number of carbonyl (C=O) groups is 3. The second-order valence-electron chi connectivity index (χ2n) is 5.87. The van der Waals surface area contributed by atoms with Crippen molar-refractivity contribution in [1.29, 1.82) is 0 Å². The molecule has 1 saturated heterocycles. The molecule has 1 aromatic carbocycles. The predicted octanol–water partition coefficient (Wildman–Crippen LogP) is 1.11. The number of likely N-dealkylation sites (tertiary alicyclic amines) is 1. The molecule has 3 atom stereocenters. The number of nitrogens with zero attached hydrogens (tertiary/aromatic N) is 1. The zero-order chi connectivity index (χ0) is 18.6. The molecule has 0 saturated carbocycles. The largest absolute Gasteiger partial charge is 0.497 e. The third-order valence-corrected chi connectivity index (χ3v) is 6.92. The summed E-state index contributed by atoms with van der Waals surface area (Å²) in [6.07, 6.45) is 0. The number of amides is 4. The van der Waals surface area contributed by atoms with Gasteiger partial charge in [-0.05, 0) is 17.7 Å². The maximum absolute atomic E-state index is 12.8. The van der Waals surface area contributed by atoms with Gasteiger partial charge in [0.25, 0.3) is 5.91 Å². The third-order valence-electron chi connectivity index (χ3n) is 4.52. The number of ether oxygens (including phenoxy) is 1. The normalized spacial score (nSPS) is 24.3. The van der Waals surface area contributed by atoms with Crippen molar-refractivity contribution in [1.82, 2.24) is 9.88 Å². The summed E-state index contributed by atoms with van der Waals surface area (Å²) in [4.78, 5) is 52.4. The molecule has 3 heterocycles. The zero-order valence-corrected chi connectivity index (χ0v) is 15.1. The number of aromatic nitrogens is 1. The number of thiazole rings is 1. The molecule has 0 radical (unpaired) electrons. The number of carbonyl (C=O) groups excluding carboxylic acids is 3. The number of primary amides is 1. The number of methoxy groups -OCH3 is 1. The first-order valence-corrected chi connectivity index (χ1v) is 9.33. The molecule has 1 aromatic heterocycles. The summed E-state index contributed by atoms with van der Waals surface area (Å²) in [6, 6.07) is 5.98. The van der Waals surface area contributed by atoms with Gasteiger partial charge in [0.15, 0.2) is 0 Å². The van der Waals surface area contributed by atoms with E-state index in [1.54, 1.807) is 31.4 Å². The quantitative estimate of drug-likeness (QED) is 0.740. The fraction of sp³-hybridized carbons (Fsp3) is 0.250. The van der Waals surface area contributed by atoms with Crippen molar-refractivity contribution in [3.05, 3.63) is 44.4 Å². The minimum Gasteiger partial charge on any atom is -0.497 e. The Bertz CT molecular complexity index is 981. The first kappa shape index (κ1) is 16.9. The number of H-pyrrole nitrogens is 1. The van der Waals surface area contributed by atoms with Gasteiger partial charge >= 0.3 is 10.9 Å². The molecule has 0 bridgehead atoms. The fourth-order valence-corrected chi connectivity index (χ4v) is 5.92. The average molecular weight is 391 g/mol. The van der Waals surface area contributed by atoms with Crippen LogP contribution in [-0.2, 0) is 9.59 Å². The Balaban J connectivity index is 1.87. The lowest BCUT2D eigenvalue weighted by Gasteiger charge is -2.29. The maximum Gasteiger partial charge on any atom is 0.328 e. The first-order chi connectivity index (χ1) is 12.4. The number of urea groups is 1. The Labute approximate surface area is 155 Å². The highest BCUT2D eigenvalue weighted by atomic mass is 32.2. The van der Waals surface area contributed by atoms with Crippen LogP contribution in [0.2, 0.25) is 0 Å². The van der Waals surface area contributed by atoms with Gasteiger partial charge in [-0.25, -0.2) is 4.79 Å². The SMILES string of the molecule is COc1ccc(C2c3sc(=O)[nH]c3SC3C(=O)N(C(N)=O)C(=O)C32)cc1. The van der Waals surface area contributed by atoms with Gasteiger partial charge in [0, 0.05) is 10.8 Å². The molecule has 134 valence electrons. The van der Waals surface area contributed by atoms with Gasteiger partial charge in [0.2, 0.25) is 5.91 Å². The number of aromatic amines is 1. The third kappa shape index (κ3) is 2.36. The predicted molar refractivity (Wildman–Crippen MR) is 94.3 cm³/mol. The summed E-state index contributed by atoms with van der Waals surface area (Å²) in [7, 11) is 1.54. The molecule has 26 heavy (non-hydrogen) atoms. The van der Waals surface area contributed by atoms with Crippen LogP contribution in [0.5, 0.6) is 5.75 Å². The minimum absolute atomic E-state index is 0.257. The number of nitrogens with one attached hydrogen (secondary N) is 1. The van der Waals surface area contributed by atoms with Gasteiger partial charge in [0.1, 0.15) is 11.0 Å². The number of hydrogen-bond donors (Lipinski definition) is 2. The Morgan fingerprint density at radius 2 is 1.88 bits per heavy atom. The van der Waals surface area contributed by atoms with E-state index < -0.39 is 34.9 Å².